The van der Waals surface area contributed by atoms with Gasteiger partial charge in [-0.1, -0.05) is 11.6 Å². The van der Waals surface area contributed by atoms with E-state index < -0.39 is 11.9 Å². The first-order chi connectivity index (χ1) is 8.00. The van der Waals surface area contributed by atoms with Gasteiger partial charge in [0, 0.05) is 20.1 Å². The summed E-state index contributed by atoms with van der Waals surface area (Å²) < 4.78 is 1.15. The van der Waals surface area contributed by atoms with Crippen LogP contribution in [0, 0.1) is 5.92 Å². The fourth-order valence-electron chi connectivity index (χ4n) is 1.90. The Morgan fingerprint density at radius 1 is 1.65 bits per heavy atom. The Morgan fingerprint density at radius 2 is 2.35 bits per heavy atom. The number of hydrogen-bond acceptors (Lipinski definition) is 4. The standard InChI is InChI=1S/C10H12ClN3O3/c1-13-9(15)8(11)7(4-12-13)14-3-2-6(5-14)10(16)17/h4,6H,2-3,5H2,1H3,(H,16,17)/t6-/m1/s1. The Hall–Kier alpha value is -1.56. The van der Waals surface area contributed by atoms with Gasteiger partial charge in [-0.25, -0.2) is 4.68 Å². The molecule has 2 heterocycles. The molecule has 1 N–H and O–H groups in total. The highest BCUT2D eigenvalue weighted by Crippen LogP contribution is 2.27. The van der Waals surface area contributed by atoms with Gasteiger partial charge in [0.2, 0.25) is 0 Å². The molecule has 0 amide bonds. The number of nitrogens with zero attached hydrogens (tertiary/aromatic N) is 3. The minimum atomic E-state index is -0.819. The zero-order chi connectivity index (χ0) is 12.6. The molecule has 1 aromatic rings. The van der Waals surface area contributed by atoms with Crippen LogP contribution in [0.25, 0.3) is 0 Å². The Bertz CT molecular complexity index is 514. The molecule has 0 spiro atoms. The van der Waals surface area contributed by atoms with Gasteiger partial charge >= 0.3 is 5.97 Å². The van der Waals surface area contributed by atoms with Gasteiger partial charge in [0.15, 0.2) is 0 Å². The monoisotopic (exact) mass is 257 g/mol. The van der Waals surface area contributed by atoms with Gasteiger partial charge in [-0.2, -0.15) is 5.10 Å². The molecular weight excluding hydrogens is 246 g/mol. The third-order valence-electron chi connectivity index (χ3n) is 2.94. The van der Waals surface area contributed by atoms with Crippen molar-refractivity contribution < 1.29 is 9.90 Å². The molecule has 0 saturated carbocycles. The van der Waals surface area contributed by atoms with Gasteiger partial charge in [0.1, 0.15) is 5.02 Å². The molecule has 92 valence electrons. The van der Waals surface area contributed by atoms with Crippen LogP contribution in [-0.2, 0) is 11.8 Å². The lowest BCUT2D eigenvalue weighted by Gasteiger charge is -2.18. The second kappa shape index (κ2) is 4.37. The Kier molecular flexibility index (Phi) is 3.06. The molecule has 0 bridgehead atoms. The number of carbonyl (C=O) groups is 1. The van der Waals surface area contributed by atoms with Crippen molar-refractivity contribution in [2.75, 3.05) is 18.0 Å². The maximum Gasteiger partial charge on any atom is 0.308 e. The zero-order valence-corrected chi connectivity index (χ0v) is 10.0. The maximum atomic E-state index is 11.6. The van der Waals surface area contributed by atoms with Crippen LogP contribution >= 0.6 is 11.6 Å². The van der Waals surface area contributed by atoms with Gasteiger partial charge in [-0.3, -0.25) is 9.59 Å². The molecule has 0 aromatic carbocycles. The van der Waals surface area contributed by atoms with Gasteiger partial charge in [0.05, 0.1) is 17.8 Å². The lowest BCUT2D eigenvalue weighted by Crippen LogP contribution is -2.27. The smallest absolute Gasteiger partial charge is 0.308 e. The summed E-state index contributed by atoms with van der Waals surface area (Å²) in [6.07, 6.45) is 2.05. The summed E-state index contributed by atoms with van der Waals surface area (Å²) in [5, 5.41) is 12.9. The number of anilines is 1. The number of carboxylic acids is 1. The van der Waals surface area contributed by atoms with Crippen LogP contribution in [0.4, 0.5) is 5.69 Å². The molecule has 1 fully saturated rings. The summed E-state index contributed by atoms with van der Waals surface area (Å²) in [6.45, 7) is 0.940. The molecule has 0 radical (unpaired) electrons. The van der Waals surface area contributed by atoms with E-state index in [1.54, 1.807) is 4.90 Å². The van der Waals surface area contributed by atoms with E-state index in [0.29, 0.717) is 25.2 Å². The highest BCUT2D eigenvalue weighted by atomic mass is 35.5. The van der Waals surface area contributed by atoms with E-state index in [0.717, 1.165) is 4.68 Å². The number of aromatic nitrogens is 2. The van der Waals surface area contributed by atoms with E-state index in [1.165, 1.54) is 13.2 Å². The molecule has 1 atom stereocenters. The Morgan fingerprint density at radius 3 is 2.94 bits per heavy atom. The van der Waals surface area contributed by atoms with Crippen LogP contribution < -0.4 is 10.5 Å². The number of halogens is 1. The van der Waals surface area contributed by atoms with E-state index in [4.69, 9.17) is 16.7 Å². The van der Waals surface area contributed by atoms with E-state index >= 15 is 0 Å². The topological polar surface area (TPSA) is 75.4 Å². The summed E-state index contributed by atoms with van der Waals surface area (Å²) in [7, 11) is 1.52. The quantitative estimate of drug-likeness (QED) is 0.827. The van der Waals surface area contributed by atoms with Gasteiger partial charge in [-0.15, -0.1) is 0 Å². The Balaban J connectivity index is 2.28. The summed E-state index contributed by atoms with van der Waals surface area (Å²) in [5.74, 6) is -1.23. The first-order valence-corrected chi connectivity index (χ1v) is 5.58. The number of carboxylic acid groups (broad SMARTS) is 1. The van der Waals surface area contributed by atoms with Crippen molar-refractivity contribution in [1.29, 1.82) is 0 Å². The average Bonchev–Trinajstić information content (AvgIpc) is 2.75. The van der Waals surface area contributed by atoms with Crippen LogP contribution in [0.15, 0.2) is 11.0 Å². The minimum Gasteiger partial charge on any atom is -0.481 e. The molecule has 7 heteroatoms. The summed E-state index contributed by atoms with van der Waals surface area (Å²) in [5.41, 5.74) is 0.140. The van der Waals surface area contributed by atoms with Crippen molar-refractivity contribution in [3.63, 3.8) is 0 Å². The van der Waals surface area contributed by atoms with Gasteiger partial charge < -0.3 is 10.0 Å². The molecule has 0 unspecified atom stereocenters. The second-order valence-electron chi connectivity index (χ2n) is 4.04. The molecule has 17 heavy (non-hydrogen) atoms. The fourth-order valence-corrected chi connectivity index (χ4v) is 2.19. The van der Waals surface area contributed by atoms with Crippen molar-refractivity contribution in [2.24, 2.45) is 13.0 Å². The maximum absolute atomic E-state index is 11.6. The molecule has 1 saturated heterocycles. The summed E-state index contributed by atoms with van der Waals surface area (Å²) in [6, 6.07) is 0. The van der Waals surface area contributed by atoms with Crippen LogP contribution in [0.1, 0.15) is 6.42 Å². The van der Waals surface area contributed by atoms with E-state index in [1.807, 2.05) is 0 Å². The van der Waals surface area contributed by atoms with Crippen LogP contribution in [0.5, 0.6) is 0 Å². The Labute approximate surface area is 102 Å². The van der Waals surface area contributed by atoms with Gasteiger partial charge in [0.25, 0.3) is 5.56 Å². The molecule has 6 nitrogen and oxygen atoms in total. The molecular formula is C10H12ClN3O3. The first kappa shape index (κ1) is 11.9. The highest BCUT2D eigenvalue weighted by molar-refractivity contribution is 6.33. The first-order valence-electron chi connectivity index (χ1n) is 5.20. The normalized spacial score (nSPS) is 19.6. The van der Waals surface area contributed by atoms with Crippen LogP contribution in [0.3, 0.4) is 0 Å². The third kappa shape index (κ3) is 2.12. The largest absolute Gasteiger partial charge is 0.481 e. The SMILES string of the molecule is Cn1ncc(N2CC[C@@H](C(=O)O)C2)c(Cl)c1=O. The zero-order valence-electron chi connectivity index (χ0n) is 9.26. The minimum absolute atomic E-state index is 0.0912. The fraction of sp³-hybridized carbons (Fsp3) is 0.500. The number of rotatable bonds is 2. The third-order valence-corrected chi connectivity index (χ3v) is 3.29. The van der Waals surface area contributed by atoms with Crippen molar-refractivity contribution in [1.82, 2.24) is 9.78 Å². The van der Waals surface area contributed by atoms with Gasteiger partial charge in [-0.05, 0) is 6.42 Å². The predicted molar refractivity (Wildman–Crippen MR) is 62.4 cm³/mol. The average molecular weight is 258 g/mol. The molecule has 1 aliphatic heterocycles. The summed E-state index contributed by atoms with van der Waals surface area (Å²) in [4.78, 5) is 24.2. The van der Waals surface area contributed by atoms with Crippen LogP contribution in [-0.4, -0.2) is 33.9 Å². The molecule has 2 rings (SSSR count). The van der Waals surface area contributed by atoms with E-state index in [-0.39, 0.29) is 10.6 Å². The van der Waals surface area contributed by atoms with Crippen molar-refractivity contribution in [2.45, 2.75) is 6.42 Å². The highest BCUT2D eigenvalue weighted by Gasteiger charge is 2.29. The predicted octanol–water partition coefficient (Wildman–Crippen LogP) is 0.345. The van der Waals surface area contributed by atoms with E-state index in [9.17, 15) is 9.59 Å². The second-order valence-corrected chi connectivity index (χ2v) is 4.42. The summed E-state index contributed by atoms with van der Waals surface area (Å²) >= 11 is 5.94. The van der Waals surface area contributed by atoms with Crippen molar-refractivity contribution in [3.05, 3.63) is 21.6 Å². The van der Waals surface area contributed by atoms with E-state index in [2.05, 4.69) is 5.10 Å². The molecule has 1 aromatic heterocycles. The number of hydrogen-bond donors (Lipinski definition) is 1. The van der Waals surface area contributed by atoms with Crippen molar-refractivity contribution in [3.8, 4) is 0 Å². The number of aryl methyl sites for hydroxylation is 1. The molecule has 0 aliphatic carbocycles. The number of aliphatic carboxylic acids is 1. The lowest BCUT2D eigenvalue weighted by atomic mass is 10.1. The lowest BCUT2D eigenvalue weighted by molar-refractivity contribution is -0.140. The molecule has 1 aliphatic rings. The van der Waals surface area contributed by atoms with Crippen molar-refractivity contribution >= 4 is 23.3 Å². The van der Waals surface area contributed by atoms with Crippen LogP contribution in [0.2, 0.25) is 5.02 Å².